The molecular formula is C22H25NO5. The Kier molecular flexibility index (Phi) is 7.75. The number of esters is 1. The molecule has 2 aromatic rings. The minimum absolute atomic E-state index is 0.179. The number of nitrogens with zero attached hydrogens (tertiary/aromatic N) is 1. The van der Waals surface area contributed by atoms with Gasteiger partial charge in [0.1, 0.15) is 0 Å². The van der Waals surface area contributed by atoms with E-state index in [1.54, 1.807) is 30.3 Å². The maximum atomic E-state index is 12.4. The molecule has 0 aliphatic heterocycles. The predicted molar refractivity (Wildman–Crippen MR) is 107 cm³/mol. The molecule has 6 heteroatoms. The zero-order valence-electron chi connectivity index (χ0n) is 16.4. The van der Waals surface area contributed by atoms with E-state index in [1.807, 2.05) is 12.1 Å². The van der Waals surface area contributed by atoms with Gasteiger partial charge in [-0.3, -0.25) is 9.69 Å². The average Bonchev–Trinajstić information content (AvgIpc) is 2.75. The van der Waals surface area contributed by atoms with Crippen molar-refractivity contribution in [1.29, 1.82) is 0 Å². The highest BCUT2D eigenvalue weighted by atomic mass is 16.5. The summed E-state index contributed by atoms with van der Waals surface area (Å²) in [5.74, 6) is -0.964. The molecular weight excluding hydrogens is 358 g/mol. The summed E-state index contributed by atoms with van der Waals surface area (Å²) in [7, 11) is 2.75. The van der Waals surface area contributed by atoms with Crippen LogP contribution in [0.15, 0.2) is 48.5 Å². The van der Waals surface area contributed by atoms with Gasteiger partial charge >= 0.3 is 12.1 Å². The molecule has 2 rings (SSSR count). The van der Waals surface area contributed by atoms with Crippen molar-refractivity contribution >= 4 is 23.5 Å². The minimum atomic E-state index is -0.681. The van der Waals surface area contributed by atoms with E-state index in [-0.39, 0.29) is 18.0 Å². The molecule has 0 heterocycles. The first-order valence-electron chi connectivity index (χ1n) is 9.17. The fourth-order valence-electron chi connectivity index (χ4n) is 2.70. The summed E-state index contributed by atoms with van der Waals surface area (Å²) >= 11 is 0. The van der Waals surface area contributed by atoms with E-state index in [2.05, 4.69) is 11.7 Å². The number of anilines is 1. The summed E-state index contributed by atoms with van der Waals surface area (Å²) in [5.41, 5.74) is 2.19. The number of unbranched alkanes of at least 4 members (excludes halogenated alkanes) is 1. The number of hydrogen-bond donors (Lipinski definition) is 0. The van der Waals surface area contributed by atoms with Crippen LogP contribution in [0.2, 0.25) is 0 Å². The van der Waals surface area contributed by atoms with E-state index < -0.39 is 12.1 Å². The zero-order valence-corrected chi connectivity index (χ0v) is 16.4. The van der Waals surface area contributed by atoms with Crippen molar-refractivity contribution in [2.24, 2.45) is 0 Å². The van der Waals surface area contributed by atoms with Crippen molar-refractivity contribution in [3.8, 4) is 0 Å². The Hall–Kier alpha value is -3.15. The highest BCUT2D eigenvalue weighted by Crippen LogP contribution is 2.21. The SMILES string of the molecule is CCCCc1ccc(C(=O)COC(=O)c2ccccc2N(C)C(=O)OC)cc1. The summed E-state index contributed by atoms with van der Waals surface area (Å²) < 4.78 is 9.85. The van der Waals surface area contributed by atoms with E-state index in [0.29, 0.717) is 11.3 Å². The molecule has 0 atom stereocenters. The van der Waals surface area contributed by atoms with Gasteiger partial charge in [-0.15, -0.1) is 0 Å². The predicted octanol–water partition coefficient (Wildman–Crippen LogP) is 4.27. The minimum Gasteiger partial charge on any atom is -0.454 e. The summed E-state index contributed by atoms with van der Waals surface area (Å²) in [6.07, 6.45) is 2.58. The van der Waals surface area contributed by atoms with Gasteiger partial charge in [-0.05, 0) is 30.5 Å². The summed E-state index contributed by atoms with van der Waals surface area (Å²) in [6.45, 7) is 1.76. The normalized spacial score (nSPS) is 10.2. The molecule has 0 spiro atoms. The number of carbonyl (C=O) groups is 3. The number of Topliss-reactive ketones (excluding diaryl/α,β-unsaturated/α-hetero) is 1. The number of carbonyl (C=O) groups excluding carboxylic acids is 3. The van der Waals surface area contributed by atoms with Gasteiger partial charge in [-0.2, -0.15) is 0 Å². The molecule has 0 aliphatic carbocycles. The molecule has 0 saturated heterocycles. The number of rotatable bonds is 8. The number of para-hydroxylation sites is 1. The molecule has 0 radical (unpaired) electrons. The molecule has 0 unspecified atom stereocenters. The second-order valence-corrected chi connectivity index (χ2v) is 6.35. The lowest BCUT2D eigenvalue weighted by atomic mass is 10.0. The fraction of sp³-hybridized carbons (Fsp3) is 0.318. The number of ether oxygens (including phenoxy) is 2. The summed E-state index contributed by atoms with van der Waals surface area (Å²) in [4.78, 5) is 37.7. The molecule has 148 valence electrons. The molecule has 2 aromatic carbocycles. The lowest BCUT2D eigenvalue weighted by Crippen LogP contribution is -2.28. The number of ketones is 1. The second kappa shape index (κ2) is 10.3. The van der Waals surface area contributed by atoms with Crippen LogP contribution in [0.3, 0.4) is 0 Å². The van der Waals surface area contributed by atoms with Crippen LogP contribution < -0.4 is 4.90 Å². The van der Waals surface area contributed by atoms with Crippen LogP contribution in [0.5, 0.6) is 0 Å². The fourth-order valence-corrected chi connectivity index (χ4v) is 2.70. The molecule has 0 saturated carbocycles. The maximum absolute atomic E-state index is 12.4. The van der Waals surface area contributed by atoms with Crippen molar-refractivity contribution in [1.82, 2.24) is 0 Å². The van der Waals surface area contributed by atoms with Crippen molar-refractivity contribution in [2.45, 2.75) is 26.2 Å². The highest BCUT2D eigenvalue weighted by molar-refractivity contribution is 6.03. The standard InChI is InChI=1S/C22H25NO5/c1-4-5-8-16-11-13-17(14-12-16)20(24)15-28-21(25)18-9-6-7-10-19(18)23(2)22(26)27-3/h6-7,9-14H,4-5,8,15H2,1-3H3. The zero-order chi connectivity index (χ0) is 20.5. The van der Waals surface area contributed by atoms with Crippen LogP contribution in [0.25, 0.3) is 0 Å². The number of hydrogen-bond acceptors (Lipinski definition) is 5. The average molecular weight is 383 g/mol. The number of amides is 1. The van der Waals surface area contributed by atoms with Gasteiger partial charge in [0.2, 0.25) is 0 Å². The summed E-state index contributed by atoms with van der Waals surface area (Å²) in [5, 5.41) is 0. The maximum Gasteiger partial charge on any atom is 0.413 e. The second-order valence-electron chi connectivity index (χ2n) is 6.35. The van der Waals surface area contributed by atoms with Crippen molar-refractivity contribution in [3.05, 3.63) is 65.2 Å². The van der Waals surface area contributed by atoms with Gasteiger partial charge in [0.05, 0.1) is 18.4 Å². The Balaban J connectivity index is 2.02. The third-order valence-electron chi connectivity index (χ3n) is 4.36. The van der Waals surface area contributed by atoms with Crippen molar-refractivity contribution in [2.75, 3.05) is 25.7 Å². The van der Waals surface area contributed by atoms with Crippen LogP contribution in [0.1, 0.15) is 46.0 Å². The third kappa shape index (κ3) is 5.42. The van der Waals surface area contributed by atoms with E-state index in [9.17, 15) is 14.4 Å². The van der Waals surface area contributed by atoms with Gasteiger partial charge in [-0.25, -0.2) is 9.59 Å². The topological polar surface area (TPSA) is 72.9 Å². The first kappa shape index (κ1) is 21.2. The van der Waals surface area contributed by atoms with E-state index >= 15 is 0 Å². The molecule has 0 N–H and O–H groups in total. The smallest absolute Gasteiger partial charge is 0.413 e. The number of aryl methyl sites for hydroxylation is 1. The molecule has 6 nitrogen and oxygen atoms in total. The van der Waals surface area contributed by atoms with E-state index in [1.165, 1.54) is 30.7 Å². The van der Waals surface area contributed by atoms with Crippen LogP contribution in [-0.4, -0.2) is 38.6 Å². The quantitative estimate of drug-likeness (QED) is 0.503. The third-order valence-corrected chi connectivity index (χ3v) is 4.36. The first-order chi connectivity index (χ1) is 13.5. The molecule has 0 fully saturated rings. The lowest BCUT2D eigenvalue weighted by Gasteiger charge is -2.18. The molecule has 0 aromatic heterocycles. The van der Waals surface area contributed by atoms with Crippen molar-refractivity contribution < 1.29 is 23.9 Å². The Morgan fingerprint density at radius 3 is 2.32 bits per heavy atom. The van der Waals surface area contributed by atoms with Crippen LogP contribution in [0.4, 0.5) is 10.5 Å². The Morgan fingerprint density at radius 1 is 1.00 bits per heavy atom. The molecule has 0 aliphatic rings. The monoisotopic (exact) mass is 383 g/mol. The number of methoxy groups -OCH3 is 1. The van der Waals surface area contributed by atoms with Gasteiger partial charge in [-0.1, -0.05) is 49.7 Å². The van der Waals surface area contributed by atoms with E-state index in [4.69, 9.17) is 4.74 Å². The molecule has 28 heavy (non-hydrogen) atoms. The largest absolute Gasteiger partial charge is 0.454 e. The molecule has 1 amide bonds. The van der Waals surface area contributed by atoms with Crippen LogP contribution >= 0.6 is 0 Å². The van der Waals surface area contributed by atoms with Gasteiger partial charge in [0.15, 0.2) is 12.4 Å². The Bertz CT molecular complexity index is 829. The van der Waals surface area contributed by atoms with Gasteiger partial charge < -0.3 is 9.47 Å². The Labute approximate surface area is 165 Å². The number of benzene rings is 2. The van der Waals surface area contributed by atoms with Gasteiger partial charge in [0, 0.05) is 12.6 Å². The highest BCUT2D eigenvalue weighted by Gasteiger charge is 2.20. The molecule has 0 bridgehead atoms. The van der Waals surface area contributed by atoms with Crippen molar-refractivity contribution in [3.63, 3.8) is 0 Å². The first-order valence-corrected chi connectivity index (χ1v) is 9.17. The Morgan fingerprint density at radius 2 is 1.68 bits per heavy atom. The van der Waals surface area contributed by atoms with Gasteiger partial charge in [0.25, 0.3) is 0 Å². The van der Waals surface area contributed by atoms with Crippen LogP contribution in [0, 0.1) is 0 Å². The lowest BCUT2D eigenvalue weighted by molar-refractivity contribution is 0.0475. The van der Waals surface area contributed by atoms with Crippen LogP contribution in [-0.2, 0) is 15.9 Å². The summed E-state index contributed by atoms with van der Waals surface area (Å²) in [6, 6.07) is 13.8. The van der Waals surface area contributed by atoms with E-state index in [0.717, 1.165) is 19.3 Å².